The van der Waals surface area contributed by atoms with Crippen molar-refractivity contribution in [3.63, 3.8) is 0 Å². The molecule has 1 aromatic rings. The highest BCUT2D eigenvalue weighted by atomic mass is 35.5. The summed E-state index contributed by atoms with van der Waals surface area (Å²) >= 11 is 5.75. The van der Waals surface area contributed by atoms with Gasteiger partial charge in [0, 0.05) is 23.2 Å². The minimum atomic E-state index is -0.148. The lowest BCUT2D eigenvalue weighted by molar-refractivity contribution is 0.0941. The Hall–Kier alpha value is -1.06. The molecule has 3 N–H and O–H groups in total. The number of carbonyl (C=O) groups is 1. The van der Waals surface area contributed by atoms with Gasteiger partial charge in [-0.3, -0.25) is 4.79 Å². The van der Waals surface area contributed by atoms with Crippen LogP contribution in [0, 0.1) is 0 Å². The van der Waals surface area contributed by atoms with Crippen molar-refractivity contribution < 1.29 is 4.79 Å². The van der Waals surface area contributed by atoms with E-state index >= 15 is 0 Å². The molecule has 0 heterocycles. The largest absolute Gasteiger partial charge is 0.348 e. The van der Waals surface area contributed by atoms with Crippen LogP contribution in [-0.4, -0.2) is 18.5 Å². The maximum Gasteiger partial charge on any atom is 0.251 e. The Morgan fingerprint density at radius 3 is 2.93 bits per heavy atom. The van der Waals surface area contributed by atoms with Gasteiger partial charge in [-0.2, -0.15) is 0 Å². The molecule has 0 saturated heterocycles. The van der Waals surface area contributed by atoms with E-state index in [2.05, 4.69) is 5.32 Å². The third-order valence-electron chi connectivity index (χ3n) is 1.82. The molecule has 0 aliphatic carbocycles. The van der Waals surface area contributed by atoms with E-state index < -0.39 is 0 Å². The van der Waals surface area contributed by atoms with Gasteiger partial charge in [-0.1, -0.05) is 17.7 Å². The lowest BCUT2D eigenvalue weighted by Gasteiger charge is -2.11. The van der Waals surface area contributed by atoms with Gasteiger partial charge in [-0.15, -0.1) is 0 Å². The maximum absolute atomic E-state index is 11.5. The van der Waals surface area contributed by atoms with Crippen LogP contribution < -0.4 is 11.1 Å². The molecule has 0 aliphatic rings. The number of rotatable bonds is 3. The Kier molecular flexibility index (Phi) is 3.92. The van der Waals surface area contributed by atoms with Crippen LogP contribution in [0.15, 0.2) is 24.3 Å². The van der Waals surface area contributed by atoms with Crippen LogP contribution in [0.4, 0.5) is 0 Å². The Labute approximate surface area is 88.2 Å². The lowest BCUT2D eigenvalue weighted by atomic mass is 10.2. The third-order valence-corrected chi connectivity index (χ3v) is 2.05. The summed E-state index contributed by atoms with van der Waals surface area (Å²) in [4.78, 5) is 11.5. The molecule has 0 aliphatic heterocycles. The zero-order valence-corrected chi connectivity index (χ0v) is 8.71. The first-order valence-corrected chi connectivity index (χ1v) is 4.77. The van der Waals surface area contributed by atoms with Gasteiger partial charge in [-0.25, -0.2) is 0 Å². The van der Waals surface area contributed by atoms with Crippen molar-refractivity contribution in [2.45, 2.75) is 13.0 Å². The minimum absolute atomic E-state index is 0.0264. The van der Waals surface area contributed by atoms with Crippen molar-refractivity contribution in [2.24, 2.45) is 5.73 Å². The number of halogens is 1. The molecule has 76 valence electrons. The molecule has 14 heavy (non-hydrogen) atoms. The molecule has 0 unspecified atom stereocenters. The summed E-state index contributed by atoms with van der Waals surface area (Å²) in [6.07, 6.45) is 0. The second-order valence-electron chi connectivity index (χ2n) is 3.12. The van der Waals surface area contributed by atoms with E-state index in [0.29, 0.717) is 17.1 Å². The normalized spacial score (nSPS) is 12.2. The molecule has 0 saturated carbocycles. The van der Waals surface area contributed by atoms with Gasteiger partial charge in [-0.05, 0) is 25.1 Å². The minimum Gasteiger partial charge on any atom is -0.348 e. The molecular weight excluding hydrogens is 200 g/mol. The van der Waals surface area contributed by atoms with Crippen LogP contribution in [0.5, 0.6) is 0 Å². The Morgan fingerprint density at radius 2 is 2.36 bits per heavy atom. The molecule has 0 radical (unpaired) electrons. The molecule has 1 rings (SSSR count). The lowest BCUT2D eigenvalue weighted by Crippen LogP contribution is -2.37. The fraction of sp³-hybridized carbons (Fsp3) is 0.300. The molecule has 3 nitrogen and oxygen atoms in total. The number of nitrogens with two attached hydrogens (primary N) is 1. The van der Waals surface area contributed by atoms with Crippen molar-refractivity contribution >= 4 is 17.5 Å². The van der Waals surface area contributed by atoms with E-state index in [0.717, 1.165) is 0 Å². The first-order chi connectivity index (χ1) is 6.63. The van der Waals surface area contributed by atoms with Crippen molar-refractivity contribution in [3.05, 3.63) is 34.9 Å². The summed E-state index contributed by atoms with van der Waals surface area (Å²) in [7, 11) is 0. The van der Waals surface area contributed by atoms with E-state index in [1.165, 1.54) is 0 Å². The second kappa shape index (κ2) is 4.98. The SMILES string of the molecule is C[C@H](CN)NC(=O)c1cccc(Cl)c1. The molecule has 0 spiro atoms. The van der Waals surface area contributed by atoms with E-state index in [9.17, 15) is 4.79 Å². The quantitative estimate of drug-likeness (QED) is 0.796. The molecule has 1 aromatic carbocycles. The van der Waals surface area contributed by atoms with Gasteiger partial charge < -0.3 is 11.1 Å². The molecular formula is C10H13ClN2O. The van der Waals surface area contributed by atoms with Gasteiger partial charge in [0.2, 0.25) is 0 Å². The first-order valence-electron chi connectivity index (χ1n) is 4.40. The summed E-state index contributed by atoms with van der Waals surface area (Å²) in [5, 5.41) is 3.30. The molecule has 4 heteroatoms. The summed E-state index contributed by atoms with van der Waals surface area (Å²) in [6, 6.07) is 6.78. The Balaban J connectivity index is 2.70. The highest BCUT2D eigenvalue weighted by molar-refractivity contribution is 6.30. The number of carbonyl (C=O) groups excluding carboxylic acids is 1. The van der Waals surface area contributed by atoms with Gasteiger partial charge in [0.25, 0.3) is 5.91 Å². The molecule has 0 bridgehead atoms. The highest BCUT2D eigenvalue weighted by Gasteiger charge is 2.08. The number of hydrogen-bond donors (Lipinski definition) is 2. The predicted octanol–water partition coefficient (Wildman–Crippen LogP) is 1.42. The van der Waals surface area contributed by atoms with Gasteiger partial charge in [0.1, 0.15) is 0 Å². The van der Waals surface area contributed by atoms with Crippen molar-refractivity contribution in [2.75, 3.05) is 6.54 Å². The van der Waals surface area contributed by atoms with Gasteiger partial charge in [0.15, 0.2) is 0 Å². The number of benzene rings is 1. The van der Waals surface area contributed by atoms with Crippen LogP contribution in [0.3, 0.4) is 0 Å². The highest BCUT2D eigenvalue weighted by Crippen LogP contribution is 2.10. The van der Waals surface area contributed by atoms with E-state index in [-0.39, 0.29) is 11.9 Å². The average Bonchev–Trinajstić information content (AvgIpc) is 2.17. The topological polar surface area (TPSA) is 55.1 Å². The zero-order chi connectivity index (χ0) is 10.6. The van der Waals surface area contributed by atoms with Gasteiger partial charge >= 0.3 is 0 Å². The fourth-order valence-electron chi connectivity index (χ4n) is 0.996. The average molecular weight is 213 g/mol. The number of nitrogens with one attached hydrogen (secondary N) is 1. The Morgan fingerprint density at radius 1 is 1.64 bits per heavy atom. The monoisotopic (exact) mass is 212 g/mol. The molecule has 0 fully saturated rings. The zero-order valence-electron chi connectivity index (χ0n) is 7.96. The van der Waals surface area contributed by atoms with Crippen LogP contribution in [0.1, 0.15) is 17.3 Å². The van der Waals surface area contributed by atoms with Crippen LogP contribution >= 0.6 is 11.6 Å². The molecule has 1 atom stereocenters. The second-order valence-corrected chi connectivity index (χ2v) is 3.56. The van der Waals surface area contributed by atoms with E-state index in [4.69, 9.17) is 17.3 Å². The van der Waals surface area contributed by atoms with Crippen LogP contribution in [0.2, 0.25) is 5.02 Å². The number of amides is 1. The first kappa shape index (κ1) is 11.0. The van der Waals surface area contributed by atoms with Crippen molar-refractivity contribution in [1.82, 2.24) is 5.32 Å². The fourth-order valence-corrected chi connectivity index (χ4v) is 1.19. The number of hydrogen-bond acceptors (Lipinski definition) is 2. The predicted molar refractivity (Wildman–Crippen MR) is 57.4 cm³/mol. The van der Waals surface area contributed by atoms with Crippen LogP contribution in [0.25, 0.3) is 0 Å². The van der Waals surface area contributed by atoms with E-state index in [1.807, 2.05) is 6.92 Å². The van der Waals surface area contributed by atoms with E-state index in [1.54, 1.807) is 24.3 Å². The smallest absolute Gasteiger partial charge is 0.251 e. The van der Waals surface area contributed by atoms with Gasteiger partial charge in [0.05, 0.1) is 0 Å². The van der Waals surface area contributed by atoms with Crippen molar-refractivity contribution in [3.8, 4) is 0 Å². The summed E-state index contributed by atoms with van der Waals surface area (Å²) in [5.41, 5.74) is 5.94. The summed E-state index contributed by atoms with van der Waals surface area (Å²) in [6.45, 7) is 2.27. The van der Waals surface area contributed by atoms with Crippen LogP contribution in [-0.2, 0) is 0 Å². The standard InChI is InChI=1S/C10H13ClN2O/c1-7(6-12)13-10(14)8-3-2-4-9(11)5-8/h2-5,7H,6,12H2,1H3,(H,13,14)/t7-/m1/s1. The summed E-state index contributed by atoms with van der Waals surface area (Å²) in [5.74, 6) is -0.148. The Bertz CT molecular complexity index is 328. The molecule has 0 aromatic heterocycles. The maximum atomic E-state index is 11.5. The molecule has 1 amide bonds. The van der Waals surface area contributed by atoms with Crippen molar-refractivity contribution in [1.29, 1.82) is 0 Å². The third kappa shape index (κ3) is 3.01. The summed E-state index contributed by atoms with van der Waals surface area (Å²) < 4.78 is 0.